The Morgan fingerprint density at radius 2 is 1.19 bits per heavy atom. The van der Waals surface area contributed by atoms with Crippen molar-refractivity contribution in [3.8, 4) is 22.6 Å². The lowest BCUT2D eigenvalue weighted by Gasteiger charge is -2.24. The molecule has 0 heterocycles. The second-order valence-corrected chi connectivity index (χ2v) is 7.49. The number of carbonyl (C=O) groups is 4. The number of Topliss-reactive ketones (excluding diaryl/α,β-unsaturated/α-hetero) is 2. The number of hydrogen-bond donors (Lipinski definition) is 2. The number of ketones is 4. The van der Waals surface area contributed by atoms with Gasteiger partial charge in [0.05, 0.1) is 25.3 Å². The highest BCUT2D eigenvalue weighted by Gasteiger charge is 2.37. The van der Waals surface area contributed by atoms with Crippen molar-refractivity contribution in [2.24, 2.45) is 0 Å². The summed E-state index contributed by atoms with van der Waals surface area (Å²) in [7, 11) is 2.47. The molecule has 0 aromatic heterocycles. The van der Waals surface area contributed by atoms with E-state index in [0.29, 0.717) is 11.1 Å². The van der Waals surface area contributed by atoms with Gasteiger partial charge in [0.1, 0.15) is 11.5 Å². The summed E-state index contributed by atoms with van der Waals surface area (Å²) in [5.41, 5.74) is 0.375. The minimum Gasteiger partial charge on any atom is -0.507 e. The second-order valence-electron chi connectivity index (χ2n) is 7.49. The quantitative estimate of drug-likeness (QED) is 0.754. The van der Waals surface area contributed by atoms with Crippen LogP contribution >= 0.6 is 0 Å². The topological polar surface area (TPSA) is 127 Å². The van der Waals surface area contributed by atoms with Crippen LogP contribution in [0.4, 0.5) is 0 Å². The SMILES string of the molecule is COC1=CC(=O)c2cc(C)c(-c3c(C)cc(O)c4c3C(=O)C(OC)=CC4=O)c(O)c2C1=O. The van der Waals surface area contributed by atoms with E-state index in [1.807, 2.05) is 0 Å². The lowest BCUT2D eigenvalue weighted by molar-refractivity contribution is 0.0913. The van der Waals surface area contributed by atoms with E-state index in [-0.39, 0.29) is 44.9 Å². The molecule has 2 aromatic carbocycles. The molecule has 0 radical (unpaired) electrons. The van der Waals surface area contributed by atoms with Crippen LogP contribution in [0, 0.1) is 13.8 Å². The van der Waals surface area contributed by atoms with Gasteiger partial charge in [0.15, 0.2) is 23.1 Å². The van der Waals surface area contributed by atoms with Crippen molar-refractivity contribution in [1.29, 1.82) is 0 Å². The number of phenolic OH excluding ortho intramolecular Hbond substituents is 2. The third-order valence-electron chi connectivity index (χ3n) is 5.63. The summed E-state index contributed by atoms with van der Waals surface area (Å²) < 4.78 is 10.0. The highest BCUT2D eigenvalue weighted by molar-refractivity contribution is 6.29. The molecule has 2 aliphatic carbocycles. The van der Waals surface area contributed by atoms with Crippen molar-refractivity contribution in [2.75, 3.05) is 14.2 Å². The van der Waals surface area contributed by atoms with Gasteiger partial charge in [0.25, 0.3) is 0 Å². The van der Waals surface area contributed by atoms with Gasteiger partial charge in [-0.3, -0.25) is 19.2 Å². The number of aromatic hydroxyl groups is 2. The zero-order chi connectivity index (χ0) is 23.5. The molecule has 2 aliphatic rings. The number of carbonyl (C=O) groups excluding carboxylic acids is 4. The second kappa shape index (κ2) is 7.19. The number of hydrogen-bond acceptors (Lipinski definition) is 8. The van der Waals surface area contributed by atoms with Gasteiger partial charge in [0.2, 0.25) is 11.6 Å². The van der Waals surface area contributed by atoms with E-state index in [9.17, 15) is 29.4 Å². The van der Waals surface area contributed by atoms with Crippen LogP contribution in [0.2, 0.25) is 0 Å². The first kappa shape index (κ1) is 21.0. The number of methoxy groups -OCH3 is 2. The highest BCUT2D eigenvalue weighted by atomic mass is 16.5. The fourth-order valence-electron chi connectivity index (χ4n) is 4.21. The maximum absolute atomic E-state index is 13.1. The fourth-order valence-corrected chi connectivity index (χ4v) is 4.21. The number of aryl methyl sites for hydroxylation is 2. The summed E-state index contributed by atoms with van der Waals surface area (Å²) in [5, 5.41) is 21.6. The fraction of sp³-hybridized carbons (Fsp3) is 0.167. The third-order valence-corrected chi connectivity index (χ3v) is 5.63. The van der Waals surface area contributed by atoms with Crippen molar-refractivity contribution >= 4 is 23.1 Å². The van der Waals surface area contributed by atoms with Crippen LogP contribution in [0.25, 0.3) is 11.1 Å². The molecule has 0 amide bonds. The van der Waals surface area contributed by atoms with Gasteiger partial charge in [0, 0.05) is 34.4 Å². The Labute approximate surface area is 182 Å². The Hall–Kier alpha value is -4.20. The van der Waals surface area contributed by atoms with Crippen LogP contribution in [-0.4, -0.2) is 47.6 Å². The Morgan fingerprint density at radius 3 is 1.78 bits per heavy atom. The van der Waals surface area contributed by atoms with Gasteiger partial charge in [-0.1, -0.05) is 0 Å². The molecule has 2 N–H and O–H groups in total. The van der Waals surface area contributed by atoms with Gasteiger partial charge >= 0.3 is 0 Å². The number of phenols is 2. The van der Waals surface area contributed by atoms with Crippen LogP contribution in [0.15, 0.2) is 35.8 Å². The predicted molar refractivity (Wildman–Crippen MR) is 112 cm³/mol. The molecule has 0 unspecified atom stereocenters. The smallest absolute Gasteiger partial charge is 0.232 e. The van der Waals surface area contributed by atoms with Crippen molar-refractivity contribution < 1.29 is 38.9 Å². The molecule has 0 fully saturated rings. The minimum atomic E-state index is -0.689. The van der Waals surface area contributed by atoms with Crippen LogP contribution in [0.3, 0.4) is 0 Å². The van der Waals surface area contributed by atoms with Gasteiger partial charge in [-0.05, 0) is 37.1 Å². The maximum Gasteiger partial charge on any atom is 0.232 e. The Kier molecular flexibility index (Phi) is 4.73. The molecule has 4 rings (SSSR count). The molecule has 162 valence electrons. The van der Waals surface area contributed by atoms with E-state index in [0.717, 1.165) is 12.2 Å². The first-order chi connectivity index (χ1) is 15.1. The van der Waals surface area contributed by atoms with Crippen LogP contribution < -0.4 is 0 Å². The molecule has 0 saturated heterocycles. The number of ether oxygens (including phenoxy) is 2. The average Bonchev–Trinajstić information content (AvgIpc) is 2.73. The van der Waals surface area contributed by atoms with Crippen molar-refractivity contribution in [2.45, 2.75) is 13.8 Å². The van der Waals surface area contributed by atoms with E-state index in [4.69, 9.17) is 9.47 Å². The monoisotopic (exact) mass is 434 g/mol. The summed E-state index contributed by atoms with van der Waals surface area (Å²) in [6.45, 7) is 3.19. The molecule has 0 saturated carbocycles. The van der Waals surface area contributed by atoms with Crippen molar-refractivity contribution in [1.82, 2.24) is 0 Å². The normalized spacial score (nSPS) is 15.1. The van der Waals surface area contributed by atoms with Crippen molar-refractivity contribution in [3.63, 3.8) is 0 Å². The Morgan fingerprint density at radius 1 is 0.656 bits per heavy atom. The Balaban J connectivity index is 2.11. The van der Waals surface area contributed by atoms with Gasteiger partial charge in [-0.25, -0.2) is 0 Å². The Bertz CT molecular complexity index is 1340. The molecule has 8 nitrogen and oxygen atoms in total. The van der Waals surface area contributed by atoms with E-state index < -0.39 is 34.6 Å². The van der Waals surface area contributed by atoms with Gasteiger partial charge < -0.3 is 19.7 Å². The molecular weight excluding hydrogens is 416 g/mol. The summed E-state index contributed by atoms with van der Waals surface area (Å²) in [4.78, 5) is 51.1. The third kappa shape index (κ3) is 2.76. The zero-order valence-electron chi connectivity index (χ0n) is 17.7. The van der Waals surface area contributed by atoms with E-state index in [1.54, 1.807) is 13.8 Å². The number of allylic oxidation sites excluding steroid dienone is 4. The zero-order valence-corrected chi connectivity index (χ0v) is 17.7. The highest BCUT2D eigenvalue weighted by Crippen LogP contribution is 2.46. The molecule has 8 heteroatoms. The first-order valence-corrected chi connectivity index (χ1v) is 9.55. The van der Waals surface area contributed by atoms with Gasteiger partial charge in [-0.15, -0.1) is 0 Å². The lowest BCUT2D eigenvalue weighted by atomic mass is 9.80. The summed E-state index contributed by atoms with van der Waals surface area (Å²) >= 11 is 0. The first-order valence-electron chi connectivity index (χ1n) is 9.55. The number of fused-ring (bicyclic) bond motifs is 2. The largest absolute Gasteiger partial charge is 0.507 e. The number of rotatable bonds is 3. The van der Waals surface area contributed by atoms with E-state index in [2.05, 4.69) is 0 Å². The van der Waals surface area contributed by atoms with Crippen LogP contribution in [-0.2, 0) is 9.47 Å². The van der Waals surface area contributed by atoms with Crippen molar-refractivity contribution in [3.05, 3.63) is 69.2 Å². The van der Waals surface area contributed by atoms with Gasteiger partial charge in [-0.2, -0.15) is 0 Å². The van der Waals surface area contributed by atoms with E-state index >= 15 is 0 Å². The lowest BCUT2D eigenvalue weighted by Crippen LogP contribution is -2.21. The number of benzene rings is 2. The molecule has 2 aromatic rings. The summed E-state index contributed by atoms with van der Waals surface area (Å²) in [5.74, 6) is -3.86. The van der Waals surface area contributed by atoms with Crippen LogP contribution in [0.1, 0.15) is 52.6 Å². The molecule has 32 heavy (non-hydrogen) atoms. The molecule has 0 bridgehead atoms. The predicted octanol–water partition coefficient (Wildman–Crippen LogP) is 3.20. The molecule has 0 spiro atoms. The standard InChI is InChI=1S/C24H18O8/c1-9-5-11-12(25)7-15(31-3)22(28)19(11)24(30)18(9)17-10(2)6-13(26)20-14(27)8-16(32-4)23(29)21(17)20/h5-8,26,30H,1-4H3. The average molecular weight is 434 g/mol. The van der Waals surface area contributed by atoms with Crippen LogP contribution in [0.5, 0.6) is 11.5 Å². The van der Waals surface area contributed by atoms with E-state index in [1.165, 1.54) is 26.4 Å². The summed E-state index contributed by atoms with van der Waals surface area (Å²) in [6.07, 6.45) is 2.04. The molecule has 0 aliphatic heterocycles. The molecule has 0 atom stereocenters. The summed E-state index contributed by atoms with van der Waals surface area (Å²) in [6, 6.07) is 2.74. The minimum absolute atomic E-state index is 0.000252. The molecular formula is C24H18O8. The maximum atomic E-state index is 13.1.